The largest absolute Gasteiger partial charge is 0.316 e. The monoisotopic (exact) mass is 451 g/mol. The van der Waals surface area contributed by atoms with Gasteiger partial charge in [-0.2, -0.15) is 0 Å². The Balaban J connectivity index is 1.39. The number of rotatable bonds is 5. The fourth-order valence-electron chi connectivity index (χ4n) is 4.94. The van der Waals surface area contributed by atoms with Crippen LogP contribution in [0.15, 0.2) is 59.9 Å². The molecule has 6 heteroatoms. The summed E-state index contributed by atoms with van der Waals surface area (Å²) < 4.78 is 2.36. The summed E-state index contributed by atoms with van der Waals surface area (Å²) in [5.74, 6) is 0.541. The lowest BCUT2D eigenvalue weighted by Crippen LogP contribution is -2.37. The Labute approximate surface area is 192 Å². The van der Waals surface area contributed by atoms with Crippen LogP contribution in [0.1, 0.15) is 44.2 Å². The van der Waals surface area contributed by atoms with E-state index in [1.54, 1.807) is 11.8 Å². The highest BCUT2D eigenvalue weighted by molar-refractivity contribution is 7.99. The van der Waals surface area contributed by atoms with Gasteiger partial charge in [-0.3, -0.25) is 4.79 Å². The van der Waals surface area contributed by atoms with Gasteiger partial charge in [0.05, 0.1) is 17.6 Å². The topological polar surface area (TPSA) is 38.1 Å². The summed E-state index contributed by atoms with van der Waals surface area (Å²) >= 11 is 7.66. The maximum absolute atomic E-state index is 13.2. The molecule has 0 bridgehead atoms. The van der Waals surface area contributed by atoms with Crippen molar-refractivity contribution >= 4 is 35.0 Å². The molecule has 1 aromatic heterocycles. The Hall–Kier alpha value is -2.24. The number of thioether (sulfide) groups is 1. The first-order valence-electron chi connectivity index (χ1n) is 11.0. The summed E-state index contributed by atoms with van der Waals surface area (Å²) in [6.07, 6.45) is 7.68. The number of nitrogens with zero attached hydrogens (tertiary/aromatic N) is 3. The van der Waals surface area contributed by atoms with Gasteiger partial charge >= 0.3 is 0 Å². The van der Waals surface area contributed by atoms with E-state index < -0.39 is 0 Å². The van der Waals surface area contributed by atoms with Crippen molar-refractivity contribution in [2.45, 2.75) is 56.3 Å². The lowest BCUT2D eigenvalue weighted by molar-refractivity contribution is -0.116. The van der Waals surface area contributed by atoms with Crippen LogP contribution in [-0.4, -0.2) is 27.3 Å². The highest BCUT2D eigenvalue weighted by Gasteiger charge is 2.31. The molecule has 160 valence electrons. The van der Waals surface area contributed by atoms with E-state index in [0.29, 0.717) is 11.8 Å². The second-order valence-electron chi connectivity index (χ2n) is 8.48. The molecular weight excluding hydrogens is 426 g/mol. The number of fused-ring (bicyclic) bond motifs is 1. The first kappa shape index (κ1) is 20.7. The average molecular weight is 452 g/mol. The number of halogens is 1. The molecule has 1 atom stereocenters. The van der Waals surface area contributed by atoms with Gasteiger partial charge < -0.3 is 9.47 Å². The molecule has 1 amide bonds. The van der Waals surface area contributed by atoms with Gasteiger partial charge in [0.25, 0.3) is 0 Å². The van der Waals surface area contributed by atoms with Crippen LogP contribution in [0.4, 0.5) is 5.69 Å². The Kier molecular flexibility index (Phi) is 5.81. The summed E-state index contributed by atoms with van der Waals surface area (Å²) in [5, 5.41) is 1.67. The molecule has 0 spiro atoms. The van der Waals surface area contributed by atoms with Crippen LogP contribution in [0.3, 0.4) is 0 Å². The third kappa shape index (κ3) is 4.01. The maximum atomic E-state index is 13.2. The van der Waals surface area contributed by atoms with Gasteiger partial charge in [-0.1, -0.05) is 66.5 Å². The van der Waals surface area contributed by atoms with E-state index in [-0.39, 0.29) is 11.9 Å². The lowest BCUT2D eigenvalue weighted by atomic mass is 10.1. The maximum Gasteiger partial charge on any atom is 0.237 e. The molecule has 0 N–H and O–H groups in total. The third-order valence-corrected chi connectivity index (χ3v) is 7.60. The standard InChI is InChI=1S/C25H26ClN3OS/c1-17-14-19-6-2-5-9-22(19)28(17)24(30)16-31-25-27-15-23(18-10-12-20(26)13-11-18)29(25)21-7-3-4-8-21/h2,5-6,9-13,15,17,21H,3-4,7-8,14,16H2,1H3/t17-/m0/s1. The molecule has 0 radical (unpaired) electrons. The fourth-order valence-corrected chi connectivity index (χ4v) is 5.97. The molecular formula is C25H26ClN3OS. The lowest BCUT2D eigenvalue weighted by Gasteiger charge is -2.23. The molecule has 1 aliphatic carbocycles. The number of anilines is 1. The molecule has 0 saturated heterocycles. The van der Waals surface area contributed by atoms with E-state index in [2.05, 4.69) is 23.6 Å². The number of para-hydroxylation sites is 1. The van der Waals surface area contributed by atoms with E-state index in [9.17, 15) is 4.79 Å². The SMILES string of the molecule is C[C@H]1Cc2ccccc2N1C(=O)CSc1ncc(-c2ccc(Cl)cc2)n1C1CCCC1. The van der Waals surface area contributed by atoms with Gasteiger partial charge in [-0.15, -0.1) is 0 Å². The van der Waals surface area contributed by atoms with E-state index in [0.717, 1.165) is 46.4 Å². The van der Waals surface area contributed by atoms with E-state index in [4.69, 9.17) is 16.6 Å². The van der Waals surface area contributed by atoms with Crippen LogP contribution in [-0.2, 0) is 11.2 Å². The molecule has 2 heterocycles. The minimum Gasteiger partial charge on any atom is -0.316 e. The van der Waals surface area contributed by atoms with E-state index in [1.807, 2.05) is 47.5 Å². The van der Waals surface area contributed by atoms with Gasteiger partial charge in [0.1, 0.15) is 0 Å². The van der Waals surface area contributed by atoms with Crippen LogP contribution < -0.4 is 4.90 Å². The van der Waals surface area contributed by atoms with Crippen molar-refractivity contribution in [2.24, 2.45) is 0 Å². The summed E-state index contributed by atoms with van der Waals surface area (Å²) in [5.41, 5.74) is 4.54. The van der Waals surface area contributed by atoms with Gasteiger partial charge in [0, 0.05) is 22.8 Å². The Morgan fingerprint density at radius 3 is 2.65 bits per heavy atom. The molecule has 2 aliphatic rings. The zero-order chi connectivity index (χ0) is 21.4. The van der Waals surface area contributed by atoms with Crippen molar-refractivity contribution in [3.63, 3.8) is 0 Å². The van der Waals surface area contributed by atoms with Gasteiger partial charge in [0.15, 0.2) is 5.16 Å². The average Bonchev–Trinajstić information content (AvgIpc) is 3.50. The minimum atomic E-state index is 0.150. The number of carbonyl (C=O) groups excluding carboxylic acids is 1. The van der Waals surface area contributed by atoms with Crippen molar-refractivity contribution in [3.05, 3.63) is 65.3 Å². The summed E-state index contributed by atoms with van der Waals surface area (Å²) in [6, 6.07) is 16.8. The summed E-state index contributed by atoms with van der Waals surface area (Å²) in [4.78, 5) is 19.9. The molecule has 31 heavy (non-hydrogen) atoms. The Morgan fingerprint density at radius 2 is 1.87 bits per heavy atom. The van der Waals surface area contributed by atoms with Crippen LogP contribution in [0.5, 0.6) is 0 Å². The van der Waals surface area contributed by atoms with Crippen LogP contribution >= 0.6 is 23.4 Å². The van der Waals surface area contributed by atoms with Gasteiger partial charge in [0.2, 0.25) is 5.91 Å². The normalized spacial score (nSPS) is 18.5. The highest BCUT2D eigenvalue weighted by Crippen LogP contribution is 2.38. The van der Waals surface area contributed by atoms with Crippen molar-refractivity contribution in [2.75, 3.05) is 10.7 Å². The third-order valence-electron chi connectivity index (χ3n) is 6.39. The number of benzene rings is 2. The second-order valence-corrected chi connectivity index (χ2v) is 9.85. The number of hydrogen-bond donors (Lipinski definition) is 0. The van der Waals surface area contributed by atoms with Gasteiger partial charge in [-0.05, 0) is 55.5 Å². The smallest absolute Gasteiger partial charge is 0.237 e. The number of hydrogen-bond acceptors (Lipinski definition) is 3. The number of amides is 1. The van der Waals surface area contributed by atoms with Crippen molar-refractivity contribution < 1.29 is 4.79 Å². The number of aromatic nitrogens is 2. The van der Waals surface area contributed by atoms with E-state index in [1.165, 1.54) is 18.4 Å². The number of imidazole rings is 1. The summed E-state index contributed by atoms with van der Waals surface area (Å²) in [7, 11) is 0. The van der Waals surface area contributed by atoms with Crippen LogP contribution in [0.2, 0.25) is 5.02 Å². The Morgan fingerprint density at radius 1 is 1.13 bits per heavy atom. The molecule has 1 fully saturated rings. The van der Waals surface area contributed by atoms with Crippen molar-refractivity contribution in [1.29, 1.82) is 0 Å². The Bertz CT molecular complexity index is 1090. The minimum absolute atomic E-state index is 0.150. The molecule has 3 aromatic rings. The first-order chi connectivity index (χ1) is 15.1. The molecule has 2 aromatic carbocycles. The molecule has 5 rings (SSSR count). The molecule has 4 nitrogen and oxygen atoms in total. The highest BCUT2D eigenvalue weighted by atomic mass is 35.5. The van der Waals surface area contributed by atoms with Gasteiger partial charge in [-0.25, -0.2) is 4.98 Å². The predicted octanol–water partition coefficient (Wildman–Crippen LogP) is 6.39. The molecule has 1 aliphatic heterocycles. The van der Waals surface area contributed by atoms with E-state index >= 15 is 0 Å². The van der Waals surface area contributed by atoms with Crippen molar-refractivity contribution in [3.8, 4) is 11.3 Å². The molecule has 1 saturated carbocycles. The summed E-state index contributed by atoms with van der Waals surface area (Å²) in [6.45, 7) is 2.13. The second kappa shape index (κ2) is 8.71. The predicted molar refractivity (Wildman–Crippen MR) is 128 cm³/mol. The van der Waals surface area contributed by atoms with Crippen LogP contribution in [0, 0.1) is 0 Å². The zero-order valence-electron chi connectivity index (χ0n) is 17.6. The van der Waals surface area contributed by atoms with Crippen molar-refractivity contribution in [1.82, 2.24) is 9.55 Å². The molecule has 0 unspecified atom stereocenters. The first-order valence-corrected chi connectivity index (χ1v) is 12.3. The zero-order valence-corrected chi connectivity index (χ0v) is 19.2. The quantitative estimate of drug-likeness (QED) is 0.422. The van der Waals surface area contributed by atoms with Crippen LogP contribution in [0.25, 0.3) is 11.3 Å². The fraction of sp³-hybridized carbons (Fsp3) is 0.360. The number of carbonyl (C=O) groups is 1.